The zero-order chi connectivity index (χ0) is 14.0. The molecule has 106 valence electrons. The van der Waals surface area contributed by atoms with E-state index in [4.69, 9.17) is 5.73 Å². The van der Waals surface area contributed by atoms with Crippen molar-refractivity contribution in [1.82, 2.24) is 4.90 Å². The summed E-state index contributed by atoms with van der Waals surface area (Å²) in [5.41, 5.74) is 8.01. The van der Waals surface area contributed by atoms with Crippen molar-refractivity contribution in [3.63, 3.8) is 0 Å². The van der Waals surface area contributed by atoms with Crippen LogP contribution in [0.3, 0.4) is 0 Å². The lowest BCUT2D eigenvalue weighted by atomic mass is 10.0. The largest absolute Gasteiger partial charge is 0.401 e. The van der Waals surface area contributed by atoms with E-state index in [9.17, 15) is 13.2 Å². The van der Waals surface area contributed by atoms with Crippen LogP contribution in [0.4, 0.5) is 13.2 Å². The molecule has 1 aromatic rings. The minimum absolute atomic E-state index is 0.0532. The minimum Gasteiger partial charge on any atom is -0.323 e. The highest BCUT2D eigenvalue weighted by Crippen LogP contribution is 2.31. The van der Waals surface area contributed by atoms with Crippen molar-refractivity contribution in [2.24, 2.45) is 5.73 Å². The molecule has 1 aliphatic carbocycles. The van der Waals surface area contributed by atoms with Gasteiger partial charge in [0.05, 0.1) is 6.54 Å². The summed E-state index contributed by atoms with van der Waals surface area (Å²) in [4.78, 5) is 1.47. The lowest BCUT2D eigenvalue weighted by Crippen LogP contribution is -2.40. The van der Waals surface area contributed by atoms with E-state index in [0.717, 1.165) is 24.0 Å². The van der Waals surface area contributed by atoms with E-state index >= 15 is 0 Å². The summed E-state index contributed by atoms with van der Waals surface area (Å²) in [5.74, 6) is 0. The molecule has 1 saturated carbocycles. The Morgan fingerprint density at radius 3 is 2.58 bits per heavy atom. The van der Waals surface area contributed by atoms with E-state index in [0.29, 0.717) is 0 Å². The number of rotatable bonds is 5. The molecule has 1 aromatic carbocycles. The van der Waals surface area contributed by atoms with Crippen molar-refractivity contribution in [1.29, 1.82) is 0 Å². The van der Waals surface area contributed by atoms with E-state index in [2.05, 4.69) is 0 Å². The molecular formula is C14H19F3N2. The standard InChI is InChI=1S/C14H19F3N2/c1-10-3-2-4-11(7-10)13(18)8-19(12-5-6-12)9-14(15,16)17/h2-4,7,12-13H,5-6,8-9,18H2,1H3. The third-order valence-corrected chi connectivity index (χ3v) is 3.35. The summed E-state index contributed by atoms with van der Waals surface area (Å²) in [6, 6.07) is 7.32. The first-order valence-electron chi connectivity index (χ1n) is 6.48. The summed E-state index contributed by atoms with van der Waals surface area (Å²) >= 11 is 0. The van der Waals surface area contributed by atoms with Crippen LogP contribution in [-0.4, -0.2) is 30.2 Å². The Labute approximate surface area is 111 Å². The van der Waals surface area contributed by atoms with Crippen molar-refractivity contribution in [2.45, 2.75) is 38.0 Å². The van der Waals surface area contributed by atoms with Crippen LogP contribution in [0.15, 0.2) is 24.3 Å². The van der Waals surface area contributed by atoms with E-state index in [1.807, 2.05) is 31.2 Å². The maximum atomic E-state index is 12.5. The third-order valence-electron chi connectivity index (χ3n) is 3.35. The lowest BCUT2D eigenvalue weighted by molar-refractivity contribution is -0.147. The number of alkyl halides is 3. The van der Waals surface area contributed by atoms with Crippen LogP contribution in [0.1, 0.15) is 30.0 Å². The van der Waals surface area contributed by atoms with E-state index in [1.54, 1.807) is 0 Å². The van der Waals surface area contributed by atoms with E-state index in [1.165, 1.54) is 4.90 Å². The summed E-state index contributed by atoms with van der Waals surface area (Å²) in [7, 11) is 0. The van der Waals surface area contributed by atoms with Crippen LogP contribution >= 0.6 is 0 Å². The first-order valence-corrected chi connectivity index (χ1v) is 6.48. The molecule has 2 N–H and O–H groups in total. The first-order chi connectivity index (χ1) is 8.85. The Kier molecular flexibility index (Phi) is 4.16. The maximum Gasteiger partial charge on any atom is 0.401 e. The molecule has 1 aliphatic rings. The van der Waals surface area contributed by atoms with Gasteiger partial charge in [-0.1, -0.05) is 29.8 Å². The van der Waals surface area contributed by atoms with Gasteiger partial charge >= 0.3 is 6.18 Å². The molecule has 0 heterocycles. The quantitative estimate of drug-likeness (QED) is 0.892. The molecule has 0 aliphatic heterocycles. The molecular weight excluding hydrogens is 253 g/mol. The summed E-state index contributed by atoms with van der Waals surface area (Å²) in [6.45, 7) is 1.34. The predicted octanol–water partition coefficient (Wildman–Crippen LogP) is 3.02. The number of benzene rings is 1. The Balaban J connectivity index is 2.00. The fourth-order valence-electron chi connectivity index (χ4n) is 2.27. The molecule has 2 nitrogen and oxygen atoms in total. The number of nitrogens with zero attached hydrogens (tertiary/aromatic N) is 1. The van der Waals surface area contributed by atoms with Crippen molar-refractivity contribution < 1.29 is 13.2 Å². The zero-order valence-electron chi connectivity index (χ0n) is 11.0. The lowest BCUT2D eigenvalue weighted by Gasteiger charge is -2.26. The fraction of sp³-hybridized carbons (Fsp3) is 0.571. The Morgan fingerprint density at radius 1 is 1.37 bits per heavy atom. The molecule has 1 atom stereocenters. The van der Waals surface area contributed by atoms with E-state index in [-0.39, 0.29) is 18.6 Å². The highest BCUT2D eigenvalue weighted by atomic mass is 19.4. The van der Waals surface area contributed by atoms with Gasteiger partial charge in [-0.05, 0) is 25.3 Å². The van der Waals surface area contributed by atoms with Crippen molar-refractivity contribution in [3.05, 3.63) is 35.4 Å². The predicted molar refractivity (Wildman–Crippen MR) is 68.8 cm³/mol. The van der Waals surface area contributed by atoms with Crippen molar-refractivity contribution in [3.8, 4) is 0 Å². The molecule has 0 amide bonds. The SMILES string of the molecule is Cc1cccc(C(N)CN(CC(F)(F)F)C2CC2)c1. The second kappa shape index (κ2) is 5.51. The van der Waals surface area contributed by atoms with Crippen LogP contribution < -0.4 is 5.73 Å². The van der Waals surface area contributed by atoms with Gasteiger partial charge < -0.3 is 5.73 Å². The monoisotopic (exact) mass is 272 g/mol. The van der Waals surface area contributed by atoms with Gasteiger partial charge in [0.2, 0.25) is 0 Å². The Morgan fingerprint density at radius 2 is 2.05 bits per heavy atom. The fourth-order valence-corrected chi connectivity index (χ4v) is 2.27. The molecule has 0 saturated heterocycles. The Hall–Kier alpha value is -1.07. The molecule has 1 fully saturated rings. The van der Waals surface area contributed by atoms with Crippen LogP contribution in [-0.2, 0) is 0 Å². The highest BCUT2D eigenvalue weighted by molar-refractivity contribution is 5.25. The minimum atomic E-state index is -4.16. The van der Waals surface area contributed by atoms with Crippen molar-refractivity contribution in [2.75, 3.05) is 13.1 Å². The molecule has 0 aromatic heterocycles. The third kappa shape index (κ3) is 4.51. The molecule has 0 radical (unpaired) electrons. The molecule has 19 heavy (non-hydrogen) atoms. The van der Waals surface area contributed by atoms with Gasteiger partial charge in [0, 0.05) is 18.6 Å². The average Bonchev–Trinajstić information content (AvgIpc) is 3.10. The van der Waals surface area contributed by atoms with Crippen molar-refractivity contribution >= 4 is 0 Å². The van der Waals surface area contributed by atoms with Gasteiger partial charge in [-0.15, -0.1) is 0 Å². The normalized spacial score (nSPS) is 17.8. The second-order valence-corrected chi connectivity index (χ2v) is 5.30. The number of hydrogen-bond donors (Lipinski definition) is 1. The summed E-state index contributed by atoms with van der Waals surface area (Å²) in [5, 5.41) is 0. The smallest absolute Gasteiger partial charge is 0.323 e. The van der Waals surface area contributed by atoms with Gasteiger partial charge in [0.25, 0.3) is 0 Å². The number of aryl methyl sites for hydroxylation is 1. The molecule has 5 heteroatoms. The van der Waals surface area contributed by atoms with Gasteiger partial charge in [0.15, 0.2) is 0 Å². The Bertz CT molecular complexity index is 427. The van der Waals surface area contributed by atoms with E-state index < -0.39 is 12.7 Å². The average molecular weight is 272 g/mol. The zero-order valence-corrected chi connectivity index (χ0v) is 11.0. The van der Waals surface area contributed by atoms with Gasteiger partial charge in [-0.2, -0.15) is 13.2 Å². The molecule has 0 bridgehead atoms. The molecule has 2 rings (SSSR count). The highest BCUT2D eigenvalue weighted by Gasteiger charge is 2.38. The topological polar surface area (TPSA) is 29.3 Å². The van der Waals surface area contributed by atoms with Crippen LogP contribution in [0.5, 0.6) is 0 Å². The molecule has 0 spiro atoms. The molecule has 1 unspecified atom stereocenters. The van der Waals surface area contributed by atoms with Gasteiger partial charge in [-0.25, -0.2) is 0 Å². The number of nitrogens with two attached hydrogens (primary N) is 1. The van der Waals surface area contributed by atoms with Crippen LogP contribution in [0, 0.1) is 6.92 Å². The number of hydrogen-bond acceptors (Lipinski definition) is 2. The summed E-state index contributed by atoms with van der Waals surface area (Å²) < 4.78 is 37.6. The maximum absolute atomic E-state index is 12.5. The van der Waals surface area contributed by atoms with Crippen LogP contribution in [0.2, 0.25) is 0 Å². The first kappa shape index (κ1) is 14.3. The second-order valence-electron chi connectivity index (χ2n) is 5.30. The summed E-state index contributed by atoms with van der Waals surface area (Å²) in [6.07, 6.45) is -2.47. The van der Waals surface area contributed by atoms with Gasteiger partial charge in [0.1, 0.15) is 0 Å². The van der Waals surface area contributed by atoms with Gasteiger partial charge in [-0.3, -0.25) is 4.90 Å². The van der Waals surface area contributed by atoms with Crippen LogP contribution in [0.25, 0.3) is 0 Å². The number of halogens is 3.